The molecule has 6 heterocycles. The molecular formula is C62H70N18O9S3. The second-order valence-electron chi connectivity index (χ2n) is 22.7. The third-order valence-corrected chi connectivity index (χ3v) is 19.4. The standard InChI is InChI=1S/2C21H22N6O3S.C20H26N6O3S/c2*1-13-6-4-5-7-16(13)18-20(28)26(2)17-12-23-21(25-19(17)27(18)3)24-14-8-10-15(11-9-14)31(22,29)30;1-25-16-12-22-20(23-14-8-10-15(11-9-14)30(21,28)29)24-18(16)26(2)17(19(25)27)13-6-4-3-5-7-13/h2*4-12,18H,1-3H3,(H2,22,29,30)(H,23,24,25);8-13,17H,3-7H2,1-2H3,(H2,21,28,29)(H,22,23,24)/t2*18-;/m10./s1. The number of hydrogen-bond acceptors (Lipinski definition) is 21. The van der Waals surface area contributed by atoms with Crippen molar-refractivity contribution in [3.63, 3.8) is 0 Å². The average Bonchev–Trinajstić information content (AvgIpc) is 0.795. The molecule has 27 nitrogen and oxygen atoms in total. The Bertz CT molecular complexity index is 4270. The third-order valence-electron chi connectivity index (χ3n) is 16.6. The minimum atomic E-state index is -3.76. The lowest BCUT2D eigenvalue weighted by Crippen LogP contribution is -2.55. The van der Waals surface area contributed by atoms with E-state index in [-0.39, 0.29) is 38.4 Å². The number of benzene rings is 5. The molecular weight excluding hydrogens is 1240 g/mol. The van der Waals surface area contributed by atoms with E-state index >= 15 is 0 Å². The number of hydrogen-bond donors (Lipinski definition) is 6. The number of aromatic nitrogens is 6. The quantitative estimate of drug-likeness (QED) is 0.0725. The maximum absolute atomic E-state index is 13.1. The summed E-state index contributed by atoms with van der Waals surface area (Å²) in [6.45, 7) is 3.95. The van der Waals surface area contributed by atoms with E-state index in [4.69, 9.17) is 15.4 Å². The van der Waals surface area contributed by atoms with Gasteiger partial charge in [-0.2, -0.15) is 15.0 Å². The minimum Gasteiger partial charge on any atom is -0.345 e. The molecule has 3 aromatic heterocycles. The Labute approximate surface area is 533 Å². The van der Waals surface area contributed by atoms with Gasteiger partial charge in [0.1, 0.15) is 35.2 Å². The van der Waals surface area contributed by atoms with Crippen molar-refractivity contribution in [2.75, 3.05) is 87.6 Å². The number of fused-ring (bicyclic) bond motifs is 3. The molecule has 0 bridgehead atoms. The summed E-state index contributed by atoms with van der Waals surface area (Å²) in [5.41, 5.74) is 7.59. The Morgan fingerprint density at radius 2 is 0.717 bits per heavy atom. The van der Waals surface area contributed by atoms with Gasteiger partial charge in [0.15, 0.2) is 17.5 Å². The van der Waals surface area contributed by atoms with Gasteiger partial charge in [-0.1, -0.05) is 67.8 Å². The van der Waals surface area contributed by atoms with E-state index in [1.807, 2.05) is 98.2 Å². The molecule has 3 atom stereocenters. The highest BCUT2D eigenvalue weighted by Crippen LogP contribution is 2.43. The van der Waals surface area contributed by atoms with Crippen LogP contribution in [0, 0.1) is 19.8 Å². The van der Waals surface area contributed by atoms with Gasteiger partial charge in [-0.25, -0.2) is 55.6 Å². The van der Waals surface area contributed by atoms with Gasteiger partial charge in [0, 0.05) is 59.3 Å². The highest BCUT2D eigenvalue weighted by atomic mass is 32.2. The van der Waals surface area contributed by atoms with Gasteiger partial charge in [0.05, 0.1) is 33.3 Å². The lowest BCUT2D eigenvalue weighted by Gasteiger charge is -2.43. The zero-order chi connectivity index (χ0) is 66.1. The van der Waals surface area contributed by atoms with Crippen LogP contribution in [0.25, 0.3) is 0 Å². The molecule has 8 aromatic rings. The summed E-state index contributed by atoms with van der Waals surface area (Å²) in [6, 6.07) is 32.3. The Hall–Kier alpha value is -9.72. The zero-order valence-corrected chi connectivity index (χ0v) is 54.1. The van der Waals surface area contributed by atoms with E-state index in [1.165, 1.54) is 42.8 Å². The summed E-state index contributed by atoms with van der Waals surface area (Å²) in [7, 11) is -0.496. The number of nitrogens with one attached hydrogen (secondary N) is 3. The van der Waals surface area contributed by atoms with Crippen molar-refractivity contribution in [1.29, 1.82) is 0 Å². The van der Waals surface area contributed by atoms with Gasteiger partial charge in [-0.05, 0) is 128 Å². The van der Waals surface area contributed by atoms with Gasteiger partial charge in [-0.3, -0.25) is 14.4 Å². The summed E-state index contributed by atoms with van der Waals surface area (Å²) in [5.74, 6) is 3.20. The fourth-order valence-corrected chi connectivity index (χ4v) is 13.1. The predicted octanol–water partition coefficient (Wildman–Crippen LogP) is 6.89. The number of sulfonamides is 3. The van der Waals surface area contributed by atoms with Gasteiger partial charge in [0.2, 0.25) is 53.8 Å². The first kappa shape index (κ1) is 65.2. The monoisotopic (exact) mass is 1310 g/mol. The Morgan fingerprint density at radius 1 is 0.413 bits per heavy atom. The molecule has 0 radical (unpaired) electrons. The van der Waals surface area contributed by atoms with E-state index in [0.29, 0.717) is 75.3 Å². The van der Waals surface area contributed by atoms with Crippen molar-refractivity contribution in [2.24, 2.45) is 21.3 Å². The lowest BCUT2D eigenvalue weighted by molar-refractivity contribution is -0.121. The van der Waals surface area contributed by atoms with E-state index < -0.39 is 42.2 Å². The topological polar surface area (TPSA) is 365 Å². The molecule has 1 saturated carbocycles. The van der Waals surface area contributed by atoms with Crippen LogP contribution in [0.1, 0.15) is 66.4 Å². The number of amides is 3. The summed E-state index contributed by atoms with van der Waals surface area (Å²) >= 11 is 0. The number of primary sulfonamides is 3. The molecule has 3 aliphatic heterocycles. The molecule has 3 amide bonds. The number of likely N-dealkylation sites (N-methyl/N-ethyl adjacent to an activating group) is 6. The molecule has 30 heteroatoms. The van der Waals surface area contributed by atoms with Crippen LogP contribution in [-0.2, 0) is 44.5 Å². The molecule has 4 aliphatic rings. The number of nitrogens with zero attached hydrogens (tertiary/aromatic N) is 12. The van der Waals surface area contributed by atoms with E-state index in [9.17, 15) is 39.6 Å². The maximum Gasteiger partial charge on any atom is 0.254 e. The first-order chi connectivity index (χ1) is 43.6. The number of aryl methyl sites for hydroxylation is 2. The number of carbonyl (C=O) groups is 3. The van der Waals surface area contributed by atoms with Gasteiger partial charge in [-0.15, -0.1) is 0 Å². The van der Waals surface area contributed by atoms with Gasteiger partial charge in [0.25, 0.3) is 11.8 Å². The molecule has 0 saturated heterocycles. The molecule has 5 aromatic carbocycles. The molecule has 1 unspecified atom stereocenters. The third kappa shape index (κ3) is 13.8. The van der Waals surface area contributed by atoms with Crippen molar-refractivity contribution in [1.82, 2.24) is 29.9 Å². The van der Waals surface area contributed by atoms with Gasteiger partial charge < -0.3 is 45.3 Å². The first-order valence-electron chi connectivity index (χ1n) is 29.0. The van der Waals surface area contributed by atoms with E-state index in [2.05, 4.69) is 45.9 Å². The molecule has 1 fully saturated rings. The van der Waals surface area contributed by atoms with E-state index in [0.717, 1.165) is 47.9 Å². The summed E-state index contributed by atoms with van der Waals surface area (Å²) < 4.78 is 68.5. The largest absolute Gasteiger partial charge is 0.345 e. The molecule has 9 N–H and O–H groups in total. The second-order valence-corrected chi connectivity index (χ2v) is 27.4. The van der Waals surface area contributed by atoms with Crippen LogP contribution in [0.15, 0.2) is 155 Å². The van der Waals surface area contributed by atoms with Crippen molar-refractivity contribution < 1.29 is 39.6 Å². The molecule has 0 spiro atoms. The average molecular weight is 1310 g/mol. The second kappa shape index (κ2) is 26.2. The molecule has 480 valence electrons. The van der Waals surface area contributed by atoms with Crippen LogP contribution in [0.2, 0.25) is 0 Å². The summed E-state index contributed by atoms with van der Waals surface area (Å²) in [5, 5.41) is 24.6. The van der Waals surface area contributed by atoms with Crippen LogP contribution in [0.3, 0.4) is 0 Å². The van der Waals surface area contributed by atoms with Crippen LogP contribution in [0.4, 0.5) is 69.4 Å². The SMILES string of the molecule is CN1C(=O)C(C2CCCCC2)N(C)c2nc(Nc3ccc(S(N)(=O)=O)cc3)ncc21.Cc1ccccc1[C@@H]1C(=O)N(C)c2cnc(Nc3ccc(S(N)(=O)=O)cc3)nc2N1C.Cc1ccccc1[C@H]1C(=O)N(C)c2cnc(Nc3ccc(S(N)(=O)=O)cc3)nc2N1C. The van der Waals surface area contributed by atoms with Crippen molar-refractivity contribution >= 4 is 117 Å². The Kier molecular flexibility index (Phi) is 18.6. The highest BCUT2D eigenvalue weighted by Gasteiger charge is 2.42. The number of rotatable bonds is 12. The fraction of sp³-hybridized carbons (Fsp3) is 0.274. The van der Waals surface area contributed by atoms with E-state index in [1.54, 1.807) is 90.8 Å². The lowest BCUT2D eigenvalue weighted by atomic mass is 9.82. The zero-order valence-electron chi connectivity index (χ0n) is 51.6. The number of nitrogens with two attached hydrogens (primary N) is 3. The fourth-order valence-electron chi connectivity index (χ4n) is 11.6. The minimum absolute atomic E-state index is 0.0188. The number of carbonyl (C=O) groups excluding carboxylic acids is 3. The summed E-state index contributed by atoms with van der Waals surface area (Å²) in [4.78, 5) is 76.6. The smallest absolute Gasteiger partial charge is 0.254 e. The Morgan fingerprint density at radius 3 is 1.03 bits per heavy atom. The summed E-state index contributed by atoms with van der Waals surface area (Å²) in [6.07, 6.45) is 10.5. The normalized spacial score (nSPS) is 17.6. The predicted molar refractivity (Wildman–Crippen MR) is 353 cm³/mol. The van der Waals surface area contributed by atoms with Crippen molar-refractivity contribution in [3.05, 3.63) is 162 Å². The van der Waals surface area contributed by atoms with Crippen LogP contribution >= 0.6 is 0 Å². The Balaban J connectivity index is 0.000000151. The maximum atomic E-state index is 13.1. The molecule has 12 rings (SSSR count). The van der Waals surface area contributed by atoms with Crippen LogP contribution in [0.5, 0.6) is 0 Å². The number of anilines is 12. The molecule has 1 aliphatic carbocycles. The van der Waals surface area contributed by atoms with Crippen molar-refractivity contribution in [3.8, 4) is 0 Å². The van der Waals surface area contributed by atoms with Crippen molar-refractivity contribution in [2.45, 2.75) is 78.8 Å². The molecule has 92 heavy (non-hydrogen) atoms. The van der Waals surface area contributed by atoms with Crippen LogP contribution < -0.4 is 60.8 Å². The highest BCUT2D eigenvalue weighted by molar-refractivity contribution is 7.89. The van der Waals surface area contributed by atoms with Crippen LogP contribution in [-0.4, -0.2) is 121 Å². The first-order valence-corrected chi connectivity index (χ1v) is 33.7. The van der Waals surface area contributed by atoms with Gasteiger partial charge >= 0.3 is 0 Å².